The molecule has 0 saturated heterocycles. The predicted molar refractivity (Wildman–Crippen MR) is 88.6 cm³/mol. The third kappa shape index (κ3) is 3.68. The first-order valence-corrected chi connectivity index (χ1v) is 9.03. The van der Waals surface area contributed by atoms with Crippen molar-refractivity contribution in [3.63, 3.8) is 0 Å². The number of anilines is 1. The summed E-state index contributed by atoms with van der Waals surface area (Å²) in [5.74, 6) is 1.35. The van der Waals surface area contributed by atoms with Crippen LogP contribution in [-0.4, -0.2) is 16.3 Å². The van der Waals surface area contributed by atoms with Gasteiger partial charge in [0.05, 0.1) is 10.7 Å². The van der Waals surface area contributed by atoms with E-state index in [4.69, 9.17) is 0 Å². The summed E-state index contributed by atoms with van der Waals surface area (Å²) in [6.45, 7) is 1.67. The highest BCUT2D eigenvalue weighted by atomic mass is 79.9. The zero-order chi connectivity index (χ0) is 14.7. The SMILES string of the molecule is O=c1c(NCC2CCCCC2)c(Br)cnn1CC1CCC1. The van der Waals surface area contributed by atoms with Crippen molar-refractivity contribution >= 4 is 21.6 Å². The molecular weight excluding hydrogens is 330 g/mol. The molecule has 0 aromatic carbocycles. The lowest BCUT2D eigenvalue weighted by Gasteiger charge is -2.26. The summed E-state index contributed by atoms with van der Waals surface area (Å²) in [7, 11) is 0. The van der Waals surface area contributed by atoms with Crippen LogP contribution >= 0.6 is 15.9 Å². The number of rotatable bonds is 5. The second-order valence-electron chi connectivity index (χ2n) is 6.54. The van der Waals surface area contributed by atoms with Gasteiger partial charge in [-0.25, -0.2) is 4.68 Å². The number of nitrogens with zero attached hydrogens (tertiary/aromatic N) is 2. The highest BCUT2D eigenvalue weighted by Crippen LogP contribution is 2.28. The van der Waals surface area contributed by atoms with Gasteiger partial charge in [0.1, 0.15) is 5.69 Å². The second kappa shape index (κ2) is 6.95. The first-order chi connectivity index (χ1) is 10.2. The summed E-state index contributed by atoms with van der Waals surface area (Å²) >= 11 is 3.47. The van der Waals surface area contributed by atoms with E-state index in [1.807, 2.05) is 0 Å². The molecule has 2 saturated carbocycles. The molecule has 116 valence electrons. The molecule has 0 bridgehead atoms. The fourth-order valence-corrected chi connectivity index (χ4v) is 3.72. The van der Waals surface area contributed by atoms with Crippen LogP contribution in [0.15, 0.2) is 15.5 Å². The summed E-state index contributed by atoms with van der Waals surface area (Å²) in [5, 5.41) is 7.65. The molecule has 0 spiro atoms. The van der Waals surface area contributed by atoms with E-state index in [9.17, 15) is 4.79 Å². The third-order valence-corrected chi connectivity index (χ3v) is 5.55. The van der Waals surface area contributed by atoms with Crippen molar-refractivity contribution in [2.75, 3.05) is 11.9 Å². The predicted octanol–water partition coefficient (Wildman–Crippen LogP) is 3.80. The quantitative estimate of drug-likeness (QED) is 0.875. The van der Waals surface area contributed by atoms with Crippen LogP contribution in [0.1, 0.15) is 51.4 Å². The average molecular weight is 354 g/mol. The van der Waals surface area contributed by atoms with Crippen molar-refractivity contribution in [3.05, 3.63) is 21.0 Å². The van der Waals surface area contributed by atoms with Crippen molar-refractivity contribution < 1.29 is 0 Å². The van der Waals surface area contributed by atoms with E-state index in [1.165, 1.54) is 51.4 Å². The summed E-state index contributed by atoms with van der Waals surface area (Å²) < 4.78 is 2.42. The standard InChI is InChI=1S/C16H24BrN3O/c17-14-10-19-20(11-13-7-4-8-13)16(21)15(14)18-9-12-5-2-1-3-6-12/h10,12-13,18H,1-9,11H2. The van der Waals surface area contributed by atoms with Crippen molar-refractivity contribution in [1.29, 1.82) is 0 Å². The summed E-state index contributed by atoms with van der Waals surface area (Å²) in [6.07, 6.45) is 12.1. The Balaban J connectivity index is 1.67. The topological polar surface area (TPSA) is 46.9 Å². The van der Waals surface area contributed by atoms with Crippen molar-refractivity contribution in [2.45, 2.75) is 57.9 Å². The van der Waals surface area contributed by atoms with Gasteiger partial charge in [0.25, 0.3) is 5.56 Å². The molecule has 1 aromatic rings. The molecule has 1 N–H and O–H groups in total. The second-order valence-corrected chi connectivity index (χ2v) is 7.39. The van der Waals surface area contributed by atoms with Crippen LogP contribution in [0.25, 0.3) is 0 Å². The fraction of sp³-hybridized carbons (Fsp3) is 0.750. The minimum absolute atomic E-state index is 0.0204. The van der Waals surface area contributed by atoms with Gasteiger partial charge in [-0.3, -0.25) is 4.79 Å². The Kier molecular flexibility index (Phi) is 4.99. The van der Waals surface area contributed by atoms with Crippen LogP contribution in [0, 0.1) is 11.8 Å². The number of hydrogen-bond acceptors (Lipinski definition) is 3. The van der Waals surface area contributed by atoms with Crippen LogP contribution in [0.4, 0.5) is 5.69 Å². The van der Waals surface area contributed by atoms with Gasteiger partial charge in [-0.2, -0.15) is 5.10 Å². The highest BCUT2D eigenvalue weighted by Gasteiger charge is 2.20. The lowest BCUT2D eigenvalue weighted by molar-refractivity contribution is 0.262. The largest absolute Gasteiger partial charge is 0.379 e. The van der Waals surface area contributed by atoms with Gasteiger partial charge in [-0.05, 0) is 53.4 Å². The maximum absolute atomic E-state index is 12.5. The Bertz CT molecular complexity index is 533. The van der Waals surface area contributed by atoms with Gasteiger partial charge in [0.15, 0.2) is 0 Å². The van der Waals surface area contributed by atoms with Gasteiger partial charge >= 0.3 is 0 Å². The molecule has 0 aliphatic heterocycles. The van der Waals surface area contributed by atoms with Gasteiger partial charge in [-0.1, -0.05) is 25.7 Å². The highest BCUT2D eigenvalue weighted by molar-refractivity contribution is 9.10. The van der Waals surface area contributed by atoms with E-state index >= 15 is 0 Å². The molecular formula is C16H24BrN3O. The molecule has 3 rings (SSSR count). The first-order valence-electron chi connectivity index (χ1n) is 8.23. The van der Waals surface area contributed by atoms with Crippen LogP contribution in [0.5, 0.6) is 0 Å². The van der Waals surface area contributed by atoms with E-state index < -0.39 is 0 Å². The molecule has 0 atom stereocenters. The molecule has 2 fully saturated rings. The number of hydrogen-bond donors (Lipinski definition) is 1. The fourth-order valence-electron chi connectivity index (χ4n) is 3.32. The van der Waals surface area contributed by atoms with E-state index in [2.05, 4.69) is 26.3 Å². The molecule has 0 amide bonds. The lowest BCUT2D eigenvalue weighted by Crippen LogP contribution is -2.31. The third-order valence-electron chi connectivity index (χ3n) is 4.95. The Morgan fingerprint density at radius 2 is 1.86 bits per heavy atom. The number of halogens is 1. The minimum Gasteiger partial charge on any atom is -0.379 e. The lowest BCUT2D eigenvalue weighted by atomic mass is 9.85. The monoisotopic (exact) mass is 353 g/mol. The number of aromatic nitrogens is 2. The van der Waals surface area contributed by atoms with Crippen LogP contribution in [0.3, 0.4) is 0 Å². The Hall–Kier alpha value is -0.840. The molecule has 0 unspecified atom stereocenters. The van der Waals surface area contributed by atoms with Gasteiger partial charge < -0.3 is 5.32 Å². The Labute approximate surface area is 134 Å². The molecule has 5 heteroatoms. The first kappa shape index (κ1) is 15.1. The van der Waals surface area contributed by atoms with E-state index in [0.29, 0.717) is 17.5 Å². The maximum Gasteiger partial charge on any atom is 0.291 e. The molecule has 1 aromatic heterocycles. The zero-order valence-corrected chi connectivity index (χ0v) is 14.1. The normalized spacial score (nSPS) is 20.2. The van der Waals surface area contributed by atoms with Gasteiger partial charge in [0.2, 0.25) is 0 Å². The van der Waals surface area contributed by atoms with Crippen molar-refractivity contribution in [2.24, 2.45) is 11.8 Å². The summed E-state index contributed by atoms with van der Waals surface area (Å²) in [5.41, 5.74) is 0.710. The summed E-state index contributed by atoms with van der Waals surface area (Å²) in [6, 6.07) is 0. The number of nitrogens with one attached hydrogen (secondary N) is 1. The molecule has 4 nitrogen and oxygen atoms in total. The average Bonchev–Trinajstić information content (AvgIpc) is 2.45. The minimum atomic E-state index is 0.0204. The Morgan fingerprint density at radius 3 is 2.52 bits per heavy atom. The molecule has 1 heterocycles. The van der Waals surface area contributed by atoms with Crippen LogP contribution in [0.2, 0.25) is 0 Å². The smallest absolute Gasteiger partial charge is 0.291 e. The van der Waals surface area contributed by atoms with E-state index in [0.717, 1.165) is 17.6 Å². The van der Waals surface area contributed by atoms with Gasteiger partial charge in [0, 0.05) is 13.1 Å². The molecule has 0 radical (unpaired) electrons. The van der Waals surface area contributed by atoms with Crippen LogP contribution < -0.4 is 10.9 Å². The van der Waals surface area contributed by atoms with E-state index in [-0.39, 0.29) is 5.56 Å². The molecule has 21 heavy (non-hydrogen) atoms. The van der Waals surface area contributed by atoms with E-state index in [1.54, 1.807) is 10.9 Å². The van der Waals surface area contributed by atoms with Crippen molar-refractivity contribution in [1.82, 2.24) is 9.78 Å². The maximum atomic E-state index is 12.5. The van der Waals surface area contributed by atoms with Gasteiger partial charge in [-0.15, -0.1) is 0 Å². The zero-order valence-electron chi connectivity index (χ0n) is 12.5. The Morgan fingerprint density at radius 1 is 1.14 bits per heavy atom. The molecule has 2 aliphatic carbocycles. The van der Waals surface area contributed by atoms with Crippen molar-refractivity contribution in [3.8, 4) is 0 Å². The molecule has 2 aliphatic rings. The summed E-state index contributed by atoms with van der Waals surface area (Å²) in [4.78, 5) is 12.5. The van der Waals surface area contributed by atoms with Crippen LogP contribution in [-0.2, 0) is 6.54 Å².